The molecule has 0 aliphatic carbocycles. The van der Waals surface area contributed by atoms with Gasteiger partial charge in [-0.15, -0.1) is 0 Å². The van der Waals surface area contributed by atoms with Gasteiger partial charge in [-0.2, -0.15) is 0 Å². The monoisotopic (exact) mass is 390 g/mol. The standard InChI is InChI=1S/C20H24ClN3O3/c1-14(15-5-4-6-16(21)11-15)22-19(25)12-24(2)13-20(26)23-17-7-9-18(27-3)10-8-17/h4-11,14H,12-13H2,1-3H3,(H,22,25)(H,23,26)/p+1/t14-/m1/s1. The number of carbonyl (C=O) groups excluding carboxylic acids is 2. The van der Waals surface area contributed by atoms with E-state index >= 15 is 0 Å². The molecule has 144 valence electrons. The Balaban J connectivity index is 1.78. The van der Waals surface area contributed by atoms with Gasteiger partial charge >= 0.3 is 0 Å². The Hall–Kier alpha value is -2.57. The van der Waals surface area contributed by atoms with Crippen molar-refractivity contribution in [2.45, 2.75) is 13.0 Å². The van der Waals surface area contributed by atoms with Gasteiger partial charge in [0.2, 0.25) is 0 Å². The van der Waals surface area contributed by atoms with Gasteiger partial charge in [0.15, 0.2) is 13.1 Å². The molecule has 7 heteroatoms. The van der Waals surface area contributed by atoms with Gasteiger partial charge in [0.1, 0.15) is 5.75 Å². The molecule has 6 nitrogen and oxygen atoms in total. The van der Waals surface area contributed by atoms with Crippen molar-refractivity contribution in [2.75, 3.05) is 32.6 Å². The molecule has 0 saturated heterocycles. The third-order valence-electron chi connectivity index (χ3n) is 4.02. The summed E-state index contributed by atoms with van der Waals surface area (Å²) in [4.78, 5) is 25.1. The van der Waals surface area contributed by atoms with Gasteiger partial charge in [0, 0.05) is 10.7 Å². The molecule has 0 aliphatic heterocycles. The molecule has 2 atom stereocenters. The van der Waals surface area contributed by atoms with Crippen LogP contribution in [0.15, 0.2) is 48.5 Å². The summed E-state index contributed by atoms with van der Waals surface area (Å²) in [5.41, 5.74) is 1.62. The summed E-state index contributed by atoms with van der Waals surface area (Å²) in [5, 5.41) is 6.37. The number of amides is 2. The van der Waals surface area contributed by atoms with Crippen LogP contribution in [0.25, 0.3) is 0 Å². The van der Waals surface area contributed by atoms with Crippen LogP contribution in [0.1, 0.15) is 18.5 Å². The van der Waals surface area contributed by atoms with Crippen molar-refractivity contribution in [3.63, 3.8) is 0 Å². The summed E-state index contributed by atoms with van der Waals surface area (Å²) in [7, 11) is 3.39. The summed E-state index contributed by atoms with van der Waals surface area (Å²) in [6.45, 7) is 2.28. The maximum absolute atomic E-state index is 12.2. The average Bonchev–Trinajstić information content (AvgIpc) is 2.61. The Morgan fingerprint density at radius 1 is 1.11 bits per heavy atom. The summed E-state index contributed by atoms with van der Waals surface area (Å²) in [6.07, 6.45) is 0. The van der Waals surface area contributed by atoms with Crippen LogP contribution in [0, 0.1) is 0 Å². The molecule has 0 saturated carbocycles. The highest BCUT2D eigenvalue weighted by Crippen LogP contribution is 2.17. The molecule has 2 rings (SSSR count). The largest absolute Gasteiger partial charge is 0.497 e. The number of carbonyl (C=O) groups is 2. The van der Waals surface area contributed by atoms with Gasteiger partial charge in [-0.25, -0.2) is 0 Å². The fourth-order valence-corrected chi connectivity index (χ4v) is 2.84. The molecule has 3 N–H and O–H groups in total. The Bertz CT molecular complexity index is 780. The first-order chi connectivity index (χ1) is 12.9. The third-order valence-corrected chi connectivity index (χ3v) is 4.26. The number of nitrogens with one attached hydrogen (secondary N) is 3. The summed E-state index contributed by atoms with van der Waals surface area (Å²) in [5.74, 6) is 0.437. The smallest absolute Gasteiger partial charge is 0.279 e. The number of halogens is 1. The number of quaternary nitrogens is 1. The quantitative estimate of drug-likeness (QED) is 0.642. The van der Waals surface area contributed by atoms with E-state index in [-0.39, 0.29) is 30.9 Å². The second kappa shape index (κ2) is 9.94. The third kappa shape index (κ3) is 6.92. The van der Waals surface area contributed by atoms with Gasteiger partial charge in [0.05, 0.1) is 20.2 Å². The minimum atomic E-state index is -0.159. The number of rotatable bonds is 8. The van der Waals surface area contributed by atoms with E-state index in [1.807, 2.05) is 25.1 Å². The topological polar surface area (TPSA) is 71.9 Å². The van der Waals surface area contributed by atoms with Crippen LogP contribution >= 0.6 is 11.6 Å². The lowest BCUT2D eigenvalue weighted by Crippen LogP contribution is -3.11. The number of ether oxygens (including phenoxy) is 1. The van der Waals surface area contributed by atoms with Gasteiger partial charge in [0.25, 0.3) is 11.8 Å². The van der Waals surface area contributed by atoms with Crippen molar-refractivity contribution in [3.8, 4) is 5.75 Å². The lowest BCUT2D eigenvalue weighted by molar-refractivity contribution is -0.862. The van der Waals surface area contributed by atoms with E-state index in [4.69, 9.17) is 16.3 Å². The van der Waals surface area contributed by atoms with Crippen LogP contribution in [0.5, 0.6) is 5.75 Å². The fourth-order valence-electron chi connectivity index (χ4n) is 2.64. The minimum Gasteiger partial charge on any atom is -0.497 e. The van der Waals surface area contributed by atoms with Crippen LogP contribution in [0.3, 0.4) is 0 Å². The van der Waals surface area contributed by atoms with Crippen LogP contribution in [-0.2, 0) is 9.59 Å². The van der Waals surface area contributed by atoms with Gasteiger partial charge < -0.3 is 20.3 Å². The molecule has 0 spiro atoms. The van der Waals surface area contributed by atoms with E-state index in [9.17, 15) is 9.59 Å². The summed E-state index contributed by atoms with van der Waals surface area (Å²) < 4.78 is 5.08. The molecule has 0 aliphatic rings. The Kier molecular flexibility index (Phi) is 7.64. The van der Waals surface area contributed by atoms with Crippen molar-refractivity contribution in [1.82, 2.24) is 5.32 Å². The van der Waals surface area contributed by atoms with Gasteiger partial charge in [-0.3, -0.25) is 9.59 Å². The highest BCUT2D eigenvalue weighted by Gasteiger charge is 2.16. The molecule has 2 aromatic carbocycles. The Morgan fingerprint density at radius 3 is 2.41 bits per heavy atom. The van der Waals surface area contributed by atoms with Crippen molar-refractivity contribution in [3.05, 3.63) is 59.1 Å². The normalized spacial score (nSPS) is 12.7. The van der Waals surface area contributed by atoms with E-state index in [1.54, 1.807) is 44.5 Å². The molecule has 0 bridgehead atoms. The maximum Gasteiger partial charge on any atom is 0.279 e. The fraction of sp³-hybridized carbons (Fsp3) is 0.300. The second-order valence-corrected chi connectivity index (χ2v) is 6.87. The lowest BCUT2D eigenvalue weighted by Gasteiger charge is -2.17. The predicted octanol–water partition coefficient (Wildman–Crippen LogP) is 1.68. The summed E-state index contributed by atoms with van der Waals surface area (Å²) in [6, 6.07) is 14.3. The first kappa shape index (κ1) is 20.7. The van der Waals surface area contributed by atoms with Crippen molar-refractivity contribution < 1.29 is 19.2 Å². The van der Waals surface area contributed by atoms with Crippen molar-refractivity contribution in [2.24, 2.45) is 0 Å². The predicted molar refractivity (Wildman–Crippen MR) is 106 cm³/mol. The number of likely N-dealkylation sites (N-methyl/N-ethyl adjacent to an activating group) is 1. The molecule has 1 unspecified atom stereocenters. The van der Waals surface area contributed by atoms with Crippen molar-refractivity contribution in [1.29, 1.82) is 0 Å². The number of hydrogen-bond acceptors (Lipinski definition) is 3. The number of benzene rings is 2. The lowest BCUT2D eigenvalue weighted by atomic mass is 10.1. The molecule has 0 fully saturated rings. The van der Waals surface area contributed by atoms with Crippen LogP contribution in [-0.4, -0.2) is 39.1 Å². The first-order valence-electron chi connectivity index (χ1n) is 8.67. The van der Waals surface area contributed by atoms with Gasteiger partial charge in [-0.1, -0.05) is 23.7 Å². The van der Waals surface area contributed by atoms with Crippen molar-refractivity contribution >= 4 is 29.1 Å². The highest BCUT2D eigenvalue weighted by molar-refractivity contribution is 6.30. The molecule has 27 heavy (non-hydrogen) atoms. The molecule has 0 radical (unpaired) electrons. The highest BCUT2D eigenvalue weighted by atomic mass is 35.5. The molecular formula is C20H25ClN3O3+. The van der Waals surface area contributed by atoms with E-state index in [0.29, 0.717) is 10.7 Å². The maximum atomic E-state index is 12.2. The average molecular weight is 391 g/mol. The van der Waals surface area contributed by atoms with E-state index in [0.717, 1.165) is 16.2 Å². The van der Waals surface area contributed by atoms with Gasteiger partial charge in [-0.05, 0) is 48.9 Å². The van der Waals surface area contributed by atoms with Crippen LogP contribution in [0.4, 0.5) is 5.69 Å². The van der Waals surface area contributed by atoms with Crippen LogP contribution in [0.2, 0.25) is 5.02 Å². The van der Waals surface area contributed by atoms with E-state index in [2.05, 4.69) is 10.6 Å². The number of anilines is 1. The molecular weight excluding hydrogens is 366 g/mol. The minimum absolute atomic E-state index is 0.128. The molecule has 2 aromatic rings. The summed E-state index contributed by atoms with van der Waals surface area (Å²) >= 11 is 5.98. The van der Waals surface area contributed by atoms with Crippen LogP contribution < -0.4 is 20.3 Å². The molecule has 2 amide bonds. The number of hydrogen-bond donors (Lipinski definition) is 3. The Morgan fingerprint density at radius 2 is 1.78 bits per heavy atom. The first-order valence-corrected chi connectivity index (χ1v) is 9.05. The molecule has 0 aromatic heterocycles. The SMILES string of the molecule is COc1ccc(NC(=O)C[NH+](C)CC(=O)N[C@H](C)c2cccc(Cl)c2)cc1. The van der Waals surface area contributed by atoms with E-state index in [1.165, 1.54) is 0 Å². The second-order valence-electron chi connectivity index (χ2n) is 6.43. The zero-order valence-corrected chi connectivity index (χ0v) is 16.5. The Labute approximate surface area is 164 Å². The zero-order valence-electron chi connectivity index (χ0n) is 15.7. The zero-order chi connectivity index (χ0) is 19.8. The van der Waals surface area contributed by atoms with E-state index < -0.39 is 0 Å². The number of methoxy groups -OCH3 is 1. The molecule has 0 heterocycles.